The Morgan fingerprint density at radius 1 is 1.12 bits per heavy atom. The molecule has 2 aromatic carbocycles. The van der Waals surface area contributed by atoms with Crippen LogP contribution in [0.2, 0.25) is 0 Å². The standard InChI is InChI=1S/C21H27NO2S/c1-15-6-8-16(9-7-15)13-25-14-20(23)22-18-12-17(21(2,3)4)10-11-19(18)24-5/h6-12H,13-14H2,1-5H3,(H,22,23). The van der Waals surface area contributed by atoms with E-state index >= 15 is 0 Å². The average molecular weight is 358 g/mol. The van der Waals surface area contributed by atoms with Crippen LogP contribution >= 0.6 is 11.8 Å². The molecule has 0 aliphatic rings. The summed E-state index contributed by atoms with van der Waals surface area (Å²) in [5.74, 6) is 1.91. The molecule has 1 N–H and O–H groups in total. The van der Waals surface area contributed by atoms with E-state index in [0.717, 1.165) is 17.0 Å². The van der Waals surface area contributed by atoms with Gasteiger partial charge in [-0.2, -0.15) is 0 Å². The Morgan fingerprint density at radius 2 is 1.80 bits per heavy atom. The normalized spacial score (nSPS) is 11.2. The lowest BCUT2D eigenvalue weighted by atomic mass is 9.87. The molecule has 0 heterocycles. The van der Waals surface area contributed by atoms with E-state index in [9.17, 15) is 4.79 Å². The molecular weight excluding hydrogens is 330 g/mol. The second-order valence-corrected chi connectivity index (χ2v) is 8.18. The molecule has 0 fully saturated rings. The minimum Gasteiger partial charge on any atom is -0.495 e. The van der Waals surface area contributed by atoms with Gasteiger partial charge in [-0.15, -0.1) is 11.8 Å². The second kappa shape index (κ2) is 8.43. The SMILES string of the molecule is COc1ccc(C(C)(C)C)cc1NC(=O)CSCc1ccc(C)cc1. The smallest absolute Gasteiger partial charge is 0.234 e. The molecule has 0 saturated carbocycles. The van der Waals surface area contributed by atoms with Gasteiger partial charge in [0.1, 0.15) is 5.75 Å². The minimum atomic E-state index is -0.0125. The number of nitrogens with one attached hydrogen (secondary N) is 1. The number of rotatable bonds is 6. The number of hydrogen-bond donors (Lipinski definition) is 1. The molecule has 2 aromatic rings. The number of benzene rings is 2. The molecule has 0 saturated heterocycles. The Balaban J connectivity index is 1.96. The number of aryl methyl sites for hydroxylation is 1. The van der Waals surface area contributed by atoms with Crippen LogP contribution in [0.3, 0.4) is 0 Å². The Morgan fingerprint density at radius 3 is 2.40 bits per heavy atom. The first-order valence-electron chi connectivity index (χ1n) is 8.41. The molecular formula is C21H27NO2S. The van der Waals surface area contributed by atoms with Crippen LogP contribution in [0.1, 0.15) is 37.5 Å². The number of anilines is 1. The van der Waals surface area contributed by atoms with Gasteiger partial charge in [-0.3, -0.25) is 4.79 Å². The quantitative estimate of drug-likeness (QED) is 0.775. The van der Waals surface area contributed by atoms with Crippen molar-refractivity contribution >= 4 is 23.4 Å². The van der Waals surface area contributed by atoms with Crippen molar-refractivity contribution in [3.8, 4) is 5.75 Å². The van der Waals surface area contributed by atoms with E-state index < -0.39 is 0 Å². The number of carbonyl (C=O) groups is 1. The highest BCUT2D eigenvalue weighted by Crippen LogP contribution is 2.31. The van der Waals surface area contributed by atoms with Gasteiger partial charge in [0, 0.05) is 5.75 Å². The van der Waals surface area contributed by atoms with E-state index in [1.54, 1.807) is 18.9 Å². The van der Waals surface area contributed by atoms with Crippen molar-refractivity contribution in [1.82, 2.24) is 0 Å². The Hall–Kier alpha value is -1.94. The van der Waals surface area contributed by atoms with Gasteiger partial charge in [0.05, 0.1) is 18.6 Å². The molecule has 3 nitrogen and oxygen atoms in total. The third-order valence-electron chi connectivity index (χ3n) is 3.96. The summed E-state index contributed by atoms with van der Waals surface area (Å²) in [6, 6.07) is 14.4. The van der Waals surface area contributed by atoms with Crippen LogP contribution in [-0.2, 0) is 16.0 Å². The van der Waals surface area contributed by atoms with Gasteiger partial charge in [0.2, 0.25) is 5.91 Å². The largest absolute Gasteiger partial charge is 0.495 e. The molecule has 2 rings (SSSR count). The highest BCUT2D eigenvalue weighted by atomic mass is 32.2. The molecule has 0 aliphatic carbocycles. The Kier molecular flexibility index (Phi) is 6.54. The highest BCUT2D eigenvalue weighted by Gasteiger charge is 2.17. The number of carbonyl (C=O) groups excluding carboxylic acids is 1. The van der Waals surface area contributed by atoms with E-state index in [4.69, 9.17) is 4.74 Å². The van der Waals surface area contributed by atoms with Gasteiger partial charge < -0.3 is 10.1 Å². The van der Waals surface area contributed by atoms with E-state index in [1.165, 1.54) is 11.1 Å². The van der Waals surface area contributed by atoms with E-state index in [2.05, 4.69) is 57.3 Å². The van der Waals surface area contributed by atoms with Crippen molar-refractivity contribution in [2.45, 2.75) is 38.9 Å². The fourth-order valence-electron chi connectivity index (χ4n) is 2.40. The van der Waals surface area contributed by atoms with Crippen molar-refractivity contribution in [2.75, 3.05) is 18.2 Å². The topological polar surface area (TPSA) is 38.3 Å². The molecule has 0 aliphatic heterocycles. The molecule has 1 amide bonds. The van der Waals surface area contributed by atoms with Crippen LogP contribution in [0.15, 0.2) is 42.5 Å². The van der Waals surface area contributed by atoms with Crippen LogP contribution in [0.4, 0.5) is 5.69 Å². The number of hydrogen-bond acceptors (Lipinski definition) is 3. The maximum Gasteiger partial charge on any atom is 0.234 e. The first-order chi connectivity index (χ1) is 11.8. The predicted octanol–water partition coefficient (Wildman–Crippen LogP) is 5.17. The van der Waals surface area contributed by atoms with E-state index in [-0.39, 0.29) is 11.3 Å². The highest BCUT2D eigenvalue weighted by molar-refractivity contribution is 7.99. The van der Waals surface area contributed by atoms with Crippen molar-refractivity contribution in [3.63, 3.8) is 0 Å². The number of amides is 1. The van der Waals surface area contributed by atoms with Gasteiger partial charge >= 0.3 is 0 Å². The van der Waals surface area contributed by atoms with E-state index in [1.807, 2.05) is 18.2 Å². The maximum atomic E-state index is 12.3. The van der Waals surface area contributed by atoms with Crippen LogP contribution in [0.5, 0.6) is 5.75 Å². The van der Waals surface area contributed by atoms with Gasteiger partial charge in [0.15, 0.2) is 0 Å². The number of methoxy groups -OCH3 is 1. The zero-order valence-electron chi connectivity index (χ0n) is 15.7. The molecule has 0 bridgehead atoms. The summed E-state index contributed by atoms with van der Waals surface area (Å²) in [7, 11) is 1.62. The molecule has 4 heteroatoms. The summed E-state index contributed by atoms with van der Waals surface area (Å²) in [4.78, 5) is 12.3. The number of ether oxygens (including phenoxy) is 1. The lowest BCUT2D eigenvalue weighted by Crippen LogP contribution is -2.17. The number of thioether (sulfide) groups is 1. The maximum absolute atomic E-state index is 12.3. The van der Waals surface area contributed by atoms with Gasteiger partial charge in [-0.05, 0) is 35.6 Å². The monoisotopic (exact) mass is 357 g/mol. The van der Waals surface area contributed by atoms with Gasteiger partial charge in [-0.25, -0.2) is 0 Å². The summed E-state index contributed by atoms with van der Waals surface area (Å²) >= 11 is 1.61. The second-order valence-electron chi connectivity index (χ2n) is 7.19. The molecule has 134 valence electrons. The fourth-order valence-corrected chi connectivity index (χ4v) is 3.19. The lowest BCUT2D eigenvalue weighted by Gasteiger charge is -2.21. The molecule has 0 aromatic heterocycles. The Bertz CT molecular complexity index is 718. The third kappa shape index (κ3) is 5.82. The minimum absolute atomic E-state index is 0.0125. The Labute approximate surface area is 155 Å². The van der Waals surface area contributed by atoms with Crippen LogP contribution in [0, 0.1) is 6.92 Å². The first-order valence-corrected chi connectivity index (χ1v) is 9.57. The molecule has 0 radical (unpaired) electrons. The third-order valence-corrected chi connectivity index (χ3v) is 4.97. The average Bonchev–Trinajstić information content (AvgIpc) is 2.56. The molecule has 25 heavy (non-hydrogen) atoms. The van der Waals surface area contributed by atoms with Gasteiger partial charge in [-0.1, -0.05) is 56.7 Å². The molecule has 0 unspecified atom stereocenters. The van der Waals surface area contributed by atoms with Gasteiger partial charge in [0.25, 0.3) is 0 Å². The predicted molar refractivity (Wildman–Crippen MR) is 108 cm³/mol. The fraction of sp³-hybridized carbons (Fsp3) is 0.381. The summed E-state index contributed by atoms with van der Waals surface area (Å²) in [5, 5.41) is 2.98. The van der Waals surface area contributed by atoms with Crippen molar-refractivity contribution in [1.29, 1.82) is 0 Å². The zero-order chi connectivity index (χ0) is 18.4. The van der Waals surface area contributed by atoms with Crippen molar-refractivity contribution in [3.05, 3.63) is 59.2 Å². The van der Waals surface area contributed by atoms with Crippen LogP contribution in [0.25, 0.3) is 0 Å². The summed E-state index contributed by atoms with van der Waals surface area (Å²) in [5.41, 5.74) is 4.39. The summed E-state index contributed by atoms with van der Waals surface area (Å²) in [6.07, 6.45) is 0. The van der Waals surface area contributed by atoms with E-state index in [0.29, 0.717) is 11.5 Å². The lowest BCUT2D eigenvalue weighted by molar-refractivity contribution is -0.113. The first kappa shape index (κ1) is 19.4. The summed E-state index contributed by atoms with van der Waals surface area (Å²) in [6.45, 7) is 8.52. The summed E-state index contributed by atoms with van der Waals surface area (Å²) < 4.78 is 5.38. The van der Waals surface area contributed by atoms with Crippen LogP contribution < -0.4 is 10.1 Å². The molecule has 0 spiro atoms. The zero-order valence-corrected chi connectivity index (χ0v) is 16.5. The van der Waals surface area contributed by atoms with Crippen molar-refractivity contribution < 1.29 is 9.53 Å². The molecule has 0 atom stereocenters. The van der Waals surface area contributed by atoms with Crippen LogP contribution in [-0.4, -0.2) is 18.8 Å². The van der Waals surface area contributed by atoms with Crippen molar-refractivity contribution in [2.24, 2.45) is 0 Å².